The molecule has 1 amide bonds. The summed E-state index contributed by atoms with van der Waals surface area (Å²) in [6.45, 7) is 7.31. The summed E-state index contributed by atoms with van der Waals surface area (Å²) in [5.74, 6) is -2.21. The standard InChI is InChI=1S/C26H45NO9/c1-6-7-8-9-10-11-12-13-14-15-16-32-26-23(27-18(2)28)25(35-21(5)31)24(34-20(4)30)22(36-26)17-33-19(3)29/h22-26H,6-17H2,1-5H3,(H,27,28). The molecular weight excluding hydrogens is 470 g/mol. The van der Waals surface area contributed by atoms with Crippen LogP contribution in [-0.2, 0) is 42.9 Å². The summed E-state index contributed by atoms with van der Waals surface area (Å²) in [5, 5.41) is 2.70. The van der Waals surface area contributed by atoms with Crippen molar-refractivity contribution in [2.75, 3.05) is 13.2 Å². The molecule has 0 bridgehead atoms. The zero-order valence-corrected chi connectivity index (χ0v) is 22.5. The van der Waals surface area contributed by atoms with Gasteiger partial charge in [-0.2, -0.15) is 0 Å². The van der Waals surface area contributed by atoms with E-state index in [-0.39, 0.29) is 6.61 Å². The highest BCUT2D eigenvalue weighted by atomic mass is 16.7. The number of esters is 3. The van der Waals surface area contributed by atoms with Gasteiger partial charge in [0.1, 0.15) is 18.8 Å². The molecule has 1 heterocycles. The van der Waals surface area contributed by atoms with Gasteiger partial charge in [0.25, 0.3) is 0 Å². The molecule has 0 spiro atoms. The number of carbonyl (C=O) groups is 4. The van der Waals surface area contributed by atoms with Gasteiger partial charge in [-0.3, -0.25) is 19.2 Å². The lowest BCUT2D eigenvalue weighted by Gasteiger charge is -2.44. The number of unbranched alkanes of at least 4 members (excludes halogenated alkanes) is 9. The van der Waals surface area contributed by atoms with Crippen molar-refractivity contribution in [1.29, 1.82) is 0 Å². The molecule has 0 aliphatic carbocycles. The first-order chi connectivity index (χ1) is 17.1. The van der Waals surface area contributed by atoms with Crippen molar-refractivity contribution in [3.8, 4) is 0 Å². The molecule has 5 atom stereocenters. The first-order valence-corrected chi connectivity index (χ1v) is 13.2. The molecule has 1 aliphatic heterocycles. The number of hydrogen-bond acceptors (Lipinski definition) is 9. The summed E-state index contributed by atoms with van der Waals surface area (Å²) in [4.78, 5) is 47.0. The van der Waals surface area contributed by atoms with Crippen LogP contribution in [0.25, 0.3) is 0 Å². The Bertz CT molecular complexity index is 684. The average Bonchev–Trinajstić information content (AvgIpc) is 2.78. The van der Waals surface area contributed by atoms with E-state index in [4.69, 9.17) is 23.7 Å². The molecule has 10 nitrogen and oxygen atoms in total. The molecule has 208 valence electrons. The van der Waals surface area contributed by atoms with E-state index < -0.39 is 54.5 Å². The van der Waals surface area contributed by atoms with Crippen molar-refractivity contribution in [2.45, 2.75) is 129 Å². The van der Waals surface area contributed by atoms with E-state index in [1.165, 1.54) is 72.6 Å². The fourth-order valence-electron chi connectivity index (χ4n) is 4.22. The smallest absolute Gasteiger partial charge is 0.303 e. The molecule has 0 radical (unpaired) electrons. The lowest BCUT2D eigenvalue weighted by Crippen LogP contribution is -2.66. The summed E-state index contributed by atoms with van der Waals surface area (Å²) in [6.07, 6.45) is 7.60. The highest BCUT2D eigenvalue weighted by molar-refractivity contribution is 5.73. The van der Waals surface area contributed by atoms with Crippen LogP contribution in [0.1, 0.15) is 98.8 Å². The number of nitrogens with one attached hydrogen (secondary N) is 1. The van der Waals surface area contributed by atoms with Crippen LogP contribution < -0.4 is 5.32 Å². The zero-order valence-electron chi connectivity index (χ0n) is 22.5. The number of hydrogen-bond donors (Lipinski definition) is 1. The molecule has 1 fully saturated rings. The molecule has 0 aromatic heterocycles. The second kappa shape index (κ2) is 18.1. The van der Waals surface area contributed by atoms with Crippen LogP contribution in [0.15, 0.2) is 0 Å². The van der Waals surface area contributed by atoms with E-state index in [9.17, 15) is 19.2 Å². The molecule has 1 saturated heterocycles. The SMILES string of the molecule is CCCCCCCCCCCCOC1OC(COC(C)=O)C(OC(C)=O)C(OC(C)=O)C1NC(C)=O. The van der Waals surface area contributed by atoms with E-state index in [0.717, 1.165) is 19.3 Å². The maximum absolute atomic E-state index is 11.9. The van der Waals surface area contributed by atoms with Crippen LogP contribution in [0.3, 0.4) is 0 Å². The lowest BCUT2D eigenvalue weighted by molar-refractivity contribution is -0.277. The zero-order chi connectivity index (χ0) is 26.9. The van der Waals surface area contributed by atoms with Gasteiger partial charge >= 0.3 is 17.9 Å². The number of ether oxygens (including phenoxy) is 5. The normalized spacial score (nSPS) is 23.5. The summed E-state index contributed by atoms with van der Waals surface area (Å²) >= 11 is 0. The predicted octanol–water partition coefficient (Wildman–Crippen LogP) is 3.58. The monoisotopic (exact) mass is 515 g/mol. The van der Waals surface area contributed by atoms with E-state index in [2.05, 4.69) is 12.2 Å². The second-order valence-electron chi connectivity index (χ2n) is 9.27. The molecule has 0 saturated carbocycles. The number of amides is 1. The molecule has 36 heavy (non-hydrogen) atoms. The first kappa shape index (κ1) is 31.8. The van der Waals surface area contributed by atoms with Crippen LogP contribution in [0.4, 0.5) is 0 Å². The third-order valence-electron chi connectivity index (χ3n) is 5.85. The Kier molecular flexibility index (Phi) is 16.0. The van der Waals surface area contributed by atoms with Crippen molar-refractivity contribution in [1.82, 2.24) is 5.32 Å². The van der Waals surface area contributed by atoms with Gasteiger partial charge in [-0.15, -0.1) is 0 Å². The van der Waals surface area contributed by atoms with Crippen LogP contribution in [-0.4, -0.2) is 67.7 Å². The summed E-state index contributed by atoms with van der Waals surface area (Å²) in [5.41, 5.74) is 0. The third-order valence-corrected chi connectivity index (χ3v) is 5.85. The van der Waals surface area contributed by atoms with Gasteiger partial charge in [0.2, 0.25) is 5.91 Å². The van der Waals surface area contributed by atoms with Gasteiger partial charge in [0.05, 0.1) is 0 Å². The van der Waals surface area contributed by atoms with Gasteiger partial charge in [-0.25, -0.2) is 0 Å². The van der Waals surface area contributed by atoms with Crippen molar-refractivity contribution < 1.29 is 42.9 Å². The van der Waals surface area contributed by atoms with Crippen LogP contribution in [0, 0.1) is 0 Å². The van der Waals surface area contributed by atoms with Crippen LogP contribution >= 0.6 is 0 Å². The second-order valence-corrected chi connectivity index (χ2v) is 9.27. The summed E-state index contributed by atoms with van der Waals surface area (Å²) < 4.78 is 27.9. The summed E-state index contributed by atoms with van der Waals surface area (Å²) in [7, 11) is 0. The first-order valence-electron chi connectivity index (χ1n) is 13.2. The Labute approximate surface area is 215 Å². The Balaban J connectivity index is 2.77. The molecule has 1 N–H and O–H groups in total. The Morgan fingerprint density at radius 2 is 1.25 bits per heavy atom. The minimum absolute atomic E-state index is 0.240. The number of rotatable bonds is 17. The van der Waals surface area contributed by atoms with Gasteiger partial charge in [0, 0.05) is 34.3 Å². The molecule has 10 heteroatoms. The average molecular weight is 516 g/mol. The largest absolute Gasteiger partial charge is 0.463 e. The van der Waals surface area contributed by atoms with E-state index in [1.807, 2.05) is 0 Å². The fraction of sp³-hybridized carbons (Fsp3) is 0.846. The predicted molar refractivity (Wildman–Crippen MR) is 132 cm³/mol. The van der Waals surface area contributed by atoms with Crippen LogP contribution in [0.2, 0.25) is 0 Å². The number of carbonyl (C=O) groups excluding carboxylic acids is 4. The highest BCUT2D eigenvalue weighted by Crippen LogP contribution is 2.28. The Morgan fingerprint density at radius 3 is 1.75 bits per heavy atom. The molecule has 0 aromatic carbocycles. The fourth-order valence-corrected chi connectivity index (χ4v) is 4.22. The van der Waals surface area contributed by atoms with Gasteiger partial charge in [0.15, 0.2) is 18.5 Å². The minimum Gasteiger partial charge on any atom is -0.463 e. The van der Waals surface area contributed by atoms with Crippen molar-refractivity contribution in [2.24, 2.45) is 0 Å². The minimum atomic E-state index is -1.11. The van der Waals surface area contributed by atoms with Crippen LogP contribution in [0.5, 0.6) is 0 Å². The molecule has 0 aromatic rings. The van der Waals surface area contributed by atoms with Gasteiger partial charge in [-0.05, 0) is 6.42 Å². The van der Waals surface area contributed by atoms with Crippen molar-refractivity contribution >= 4 is 23.8 Å². The Hall–Kier alpha value is -2.20. The molecule has 1 aliphatic rings. The van der Waals surface area contributed by atoms with Crippen molar-refractivity contribution in [3.63, 3.8) is 0 Å². The molecular formula is C26H45NO9. The van der Waals surface area contributed by atoms with E-state index in [1.54, 1.807) is 0 Å². The van der Waals surface area contributed by atoms with Gasteiger partial charge < -0.3 is 29.0 Å². The quantitative estimate of drug-likeness (QED) is 0.176. The van der Waals surface area contributed by atoms with E-state index in [0.29, 0.717) is 6.61 Å². The lowest BCUT2D eigenvalue weighted by atomic mass is 9.96. The molecule has 1 rings (SSSR count). The highest BCUT2D eigenvalue weighted by Gasteiger charge is 2.51. The van der Waals surface area contributed by atoms with Gasteiger partial charge in [-0.1, -0.05) is 64.7 Å². The molecule has 5 unspecified atom stereocenters. The topological polar surface area (TPSA) is 126 Å². The van der Waals surface area contributed by atoms with E-state index >= 15 is 0 Å². The summed E-state index contributed by atoms with van der Waals surface area (Å²) in [6, 6.07) is -0.924. The maximum Gasteiger partial charge on any atom is 0.303 e. The van der Waals surface area contributed by atoms with Crippen molar-refractivity contribution in [3.05, 3.63) is 0 Å². The third kappa shape index (κ3) is 13.2. The maximum atomic E-state index is 11.9. The Morgan fingerprint density at radius 1 is 0.722 bits per heavy atom.